The molecule has 1 saturated heterocycles. The molecule has 0 aromatic heterocycles. The van der Waals surface area contributed by atoms with Crippen LogP contribution < -0.4 is 10.1 Å². The summed E-state index contributed by atoms with van der Waals surface area (Å²) in [5.74, 6) is -1.13. The molecule has 1 heterocycles. The Bertz CT molecular complexity index is 646. The molecule has 1 aliphatic rings. The molecule has 1 aromatic carbocycles. The van der Waals surface area contributed by atoms with Crippen LogP contribution in [-0.2, 0) is 9.59 Å². The van der Waals surface area contributed by atoms with Crippen molar-refractivity contribution >= 4 is 17.8 Å². The molecule has 0 saturated carbocycles. The van der Waals surface area contributed by atoms with Gasteiger partial charge in [0.15, 0.2) is 0 Å². The lowest BCUT2D eigenvalue weighted by molar-refractivity contribution is -0.147. The van der Waals surface area contributed by atoms with Gasteiger partial charge in [0.1, 0.15) is 5.75 Å². The lowest BCUT2D eigenvalue weighted by Gasteiger charge is -2.20. The SMILES string of the molecule is CCOc1ccccc1C(=O)NCC(=O)N1CCC(C)(C(=O)O)C1. The topological polar surface area (TPSA) is 95.9 Å². The molecule has 1 aromatic rings. The molecular formula is C17H22N2O5. The number of carboxylic acid groups (broad SMARTS) is 1. The van der Waals surface area contributed by atoms with Crippen LogP contribution in [0.5, 0.6) is 5.75 Å². The fourth-order valence-electron chi connectivity index (χ4n) is 2.65. The van der Waals surface area contributed by atoms with Gasteiger partial charge in [0.25, 0.3) is 5.91 Å². The average Bonchev–Trinajstić information content (AvgIpc) is 2.97. The molecule has 1 atom stereocenters. The smallest absolute Gasteiger partial charge is 0.311 e. The van der Waals surface area contributed by atoms with E-state index in [1.54, 1.807) is 31.2 Å². The van der Waals surface area contributed by atoms with Gasteiger partial charge in [-0.3, -0.25) is 14.4 Å². The van der Waals surface area contributed by atoms with Crippen molar-refractivity contribution in [2.24, 2.45) is 5.41 Å². The monoisotopic (exact) mass is 334 g/mol. The fourth-order valence-corrected chi connectivity index (χ4v) is 2.65. The summed E-state index contributed by atoms with van der Waals surface area (Å²) < 4.78 is 5.40. The molecule has 0 spiro atoms. The van der Waals surface area contributed by atoms with E-state index in [1.807, 2.05) is 6.92 Å². The number of benzene rings is 1. The molecule has 130 valence electrons. The molecule has 24 heavy (non-hydrogen) atoms. The number of carbonyl (C=O) groups is 3. The lowest BCUT2D eigenvalue weighted by Crippen LogP contribution is -2.41. The summed E-state index contributed by atoms with van der Waals surface area (Å²) in [6, 6.07) is 6.81. The molecule has 1 unspecified atom stereocenters. The maximum Gasteiger partial charge on any atom is 0.311 e. The van der Waals surface area contributed by atoms with E-state index >= 15 is 0 Å². The highest BCUT2D eigenvalue weighted by Gasteiger charge is 2.41. The molecule has 1 fully saturated rings. The van der Waals surface area contributed by atoms with Crippen LogP contribution in [0.1, 0.15) is 30.6 Å². The van der Waals surface area contributed by atoms with Crippen LogP contribution in [0.2, 0.25) is 0 Å². The fraction of sp³-hybridized carbons (Fsp3) is 0.471. The number of hydrogen-bond acceptors (Lipinski definition) is 4. The highest BCUT2D eigenvalue weighted by atomic mass is 16.5. The number of carboxylic acids is 1. The van der Waals surface area contributed by atoms with E-state index in [2.05, 4.69) is 5.32 Å². The van der Waals surface area contributed by atoms with Crippen LogP contribution >= 0.6 is 0 Å². The summed E-state index contributed by atoms with van der Waals surface area (Å²) in [5, 5.41) is 11.8. The third kappa shape index (κ3) is 3.84. The quantitative estimate of drug-likeness (QED) is 0.813. The van der Waals surface area contributed by atoms with Crippen LogP contribution in [0, 0.1) is 5.41 Å². The van der Waals surface area contributed by atoms with E-state index in [9.17, 15) is 19.5 Å². The molecule has 2 rings (SSSR count). The molecule has 2 amide bonds. The Morgan fingerprint density at radius 3 is 2.67 bits per heavy atom. The van der Waals surface area contributed by atoms with Crippen molar-refractivity contribution in [1.82, 2.24) is 10.2 Å². The van der Waals surface area contributed by atoms with Crippen LogP contribution in [0.4, 0.5) is 0 Å². The number of para-hydroxylation sites is 1. The Morgan fingerprint density at radius 1 is 1.33 bits per heavy atom. The number of nitrogens with one attached hydrogen (secondary N) is 1. The van der Waals surface area contributed by atoms with Crippen molar-refractivity contribution in [3.63, 3.8) is 0 Å². The number of amides is 2. The lowest BCUT2D eigenvalue weighted by atomic mass is 9.90. The summed E-state index contributed by atoms with van der Waals surface area (Å²) >= 11 is 0. The predicted octanol–water partition coefficient (Wildman–Crippen LogP) is 1.14. The second-order valence-corrected chi connectivity index (χ2v) is 6.04. The maximum absolute atomic E-state index is 12.2. The van der Waals surface area contributed by atoms with Gasteiger partial charge in [-0.25, -0.2) is 0 Å². The number of aliphatic carboxylic acids is 1. The van der Waals surface area contributed by atoms with Crippen LogP contribution in [-0.4, -0.2) is 54.0 Å². The minimum absolute atomic E-state index is 0.159. The number of ether oxygens (including phenoxy) is 1. The van der Waals surface area contributed by atoms with E-state index in [-0.39, 0.29) is 19.0 Å². The third-order valence-corrected chi connectivity index (χ3v) is 4.17. The maximum atomic E-state index is 12.2. The summed E-state index contributed by atoms with van der Waals surface area (Å²) in [4.78, 5) is 37.1. The number of rotatable bonds is 6. The number of likely N-dealkylation sites (tertiary alicyclic amines) is 1. The van der Waals surface area contributed by atoms with Gasteiger partial charge >= 0.3 is 5.97 Å². The van der Waals surface area contributed by atoms with E-state index < -0.39 is 17.3 Å². The summed E-state index contributed by atoms with van der Waals surface area (Å²) in [6.07, 6.45) is 0.412. The first-order chi connectivity index (χ1) is 11.4. The second kappa shape index (κ2) is 7.33. The Kier molecular flexibility index (Phi) is 5.43. The molecule has 2 N–H and O–H groups in total. The zero-order chi connectivity index (χ0) is 17.7. The van der Waals surface area contributed by atoms with Crippen molar-refractivity contribution in [3.8, 4) is 5.75 Å². The van der Waals surface area contributed by atoms with Crippen LogP contribution in [0.25, 0.3) is 0 Å². The van der Waals surface area contributed by atoms with Crippen molar-refractivity contribution in [3.05, 3.63) is 29.8 Å². The Hall–Kier alpha value is -2.57. The average molecular weight is 334 g/mol. The molecule has 7 heteroatoms. The molecule has 1 aliphatic heterocycles. The Balaban J connectivity index is 1.93. The predicted molar refractivity (Wildman–Crippen MR) is 86.9 cm³/mol. The zero-order valence-electron chi connectivity index (χ0n) is 13.9. The van der Waals surface area contributed by atoms with Crippen molar-refractivity contribution in [2.45, 2.75) is 20.3 Å². The van der Waals surface area contributed by atoms with Crippen molar-refractivity contribution < 1.29 is 24.2 Å². The number of hydrogen-bond donors (Lipinski definition) is 2. The van der Waals surface area contributed by atoms with Gasteiger partial charge < -0.3 is 20.1 Å². The van der Waals surface area contributed by atoms with Crippen molar-refractivity contribution in [1.29, 1.82) is 0 Å². The van der Waals surface area contributed by atoms with E-state index in [4.69, 9.17) is 4.74 Å². The van der Waals surface area contributed by atoms with E-state index in [0.29, 0.717) is 30.9 Å². The highest BCUT2D eigenvalue weighted by Crippen LogP contribution is 2.29. The first-order valence-corrected chi connectivity index (χ1v) is 7.88. The van der Waals surface area contributed by atoms with E-state index in [0.717, 1.165) is 0 Å². The molecular weight excluding hydrogens is 312 g/mol. The summed E-state index contributed by atoms with van der Waals surface area (Å²) in [6.45, 7) is 4.25. The Morgan fingerprint density at radius 2 is 2.04 bits per heavy atom. The van der Waals surface area contributed by atoms with Crippen LogP contribution in [0.15, 0.2) is 24.3 Å². The highest BCUT2D eigenvalue weighted by molar-refractivity contribution is 5.98. The number of carbonyl (C=O) groups excluding carboxylic acids is 2. The molecule has 0 radical (unpaired) electrons. The number of nitrogens with zero attached hydrogens (tertiary/aromatic N) is 1. The third-order valence-electron chi connectivity index (χ3n) is 4.17. The molecule has 0 bridgehead atoms. The van der Waals surface area contributed by atoms with Gasteiger partial charge in [0.05, 0.1) is 24.1 Å². The van der Waals surface area contributed by atoms with E-state index in [1.165, 1.54) is 4.90 Å². The van der Waals surface area contributed by atoms with Gasteiger partial charge in [0.2, 0.25) is 5.91 Å². The Labute approximate surface area is 140 Å². The van der Waals surface area contributed by atoms with Gasteiger partial charge in [0, 0.05) is 13.1 Å². The summed E-state index contributed by atoms with van der Waals surface area (Å²) in [7, 11) is 0. The molecule has 7 nitrogen and oxygen atoms in total. The largest absolute Gasteiger partial charge is 0.493 e. The minimum atomic E-state index is -0.915. The first kappa shape index (κ1) is 17.8. The first-order valence-electron chi connectivity index (χ1n) is 7.88. The normalized spacial score (nSPS) is 19.8. The van der Waals surface area contributed by atoms with Gasteiger partial charge in [-0.2, -0.15) is 0 Å². The van der Waals surface area contributed by atoms with Crippen LogP contribution in [0.3, 0.4) is 0 Å². The van der Waals surface area contributed by atoms with Gasteiger partial charge in [-0.15, -0.1) is 0 Å². The summed E-state index contributed by atoms with van der Waals surface area (Å²) in [5.41, 5.74) is -0.551. The van der Waals surface area contributed by atoms with Crippen molar-refractivity contribution in [2.75, 3.05) is 26.2 Å². The van der Waals surface area contributed by atoms with Gasteiger partial charge in [-0.05, 0) is 32.4 Å². The second-order valence-electron chi connectivity index (χ2n) is 6.04. The minimum Gasteiger partial charge on any atom is -0.493 e. The van der Waals surface area contributed by atoms with Gasteiger partial charge in [-0.1, -0.05) is 12.1 Å². The zero-order valence-corrected chi connectivity index (χ0v) is 13.9. The molecule has 0 aliphatic carbocycles. The standard InChI is InChI=1S/C17H22N2O5/c1-3-24-13-7-5-4-6-12(13)15(21)18-10-14(20)19-9-8-17(2,11-19)16(22)23/h4-7H,3,8-11H2,1-2H3,(H,18,21)(H,22,23).